The van der Waals surface area contributed by atoms with Crippen LogP contribution in [0.4, 0.5) is 4.79 Å². The van der Waals surface area contributed by atoms with Gasteiger partial charge in [-0.3, -0.25) is 14.5 Å². The third-order valence-corrected chi connectivity index (χ3v) is 8.83. The van der Waals surface area contributed by atoms with Crippen LogP contribution in [0.5, 0.6) is 0 Å². The van der Waals surface area contributed by atoms with E-state index < -0.39 is 27.3 Å². The third kappa shape index (κ3) is 3.02. The number of carbonyl (C=O) groups is 3. The maximum Gasteiger partial charge on any atom is 0.325 e. The van der Waals surface area contributed by atoms with Gasteiger partial charge in [-0.25, -0.2) is 13.2 Å². The number of amides is 3. The molecular weight excluding hydrogens is 430 g/mol. The Labute approximate surface area is 186 Å². The van der Waals surface area contributed by atoms with Crippen molar-refractivity contribution in [2.45, 2.75) is 44.7 Å². The van der Waals surface area contributed by atoms with Crippen molar-refractivity contribution in [3.63, 3.8) is 0 Å². The van der Waals surface area contributed by atoms with Gasteiger partial charge < -0.3 is 9.88 Å². The Morgan fingerprint density at radius 1 is 1.22 bits per heavy atom. The Bertz CT molecular complexity index is 1280. The van der Waals surface area contributed by atoms with Gasteiger partial charge in [0, 0.05) is 23.0 Å². The summed E-state index contributed by atoms with van der Waals surface area (Å²) < 4.78 is 25.7. The van der Waals surface area contributed by atoms with Crippen LogP contribution in [0.1, 0.15) is 51.8 Å². The van der Waals surface area contributed by atoms with Gasteiger partial charge in [0.15, 0.2) is 15.6 Å². The summed E-state index contributed by atoms with van der Waals surface area (Å²) in [6.07, 6.45) is 1.68. The van der Waals surface area contributed by atoms with Crippen LogP contribution in [0.15, 0.2) is 30.3 Å². The highest BCUT2D eigenvalue weighted by Crippen LogP contribution is 2.41. The predicted octanol–water partition coefficient (Wildman–Crippen LogP) is 2.04. The second-order valence-corrected chi connectivity index (χ2v) is 11.2. The summed E-state index contributed by atoms with van der Waals surface area (Å²) in [4.78, 5) is 40.2. The number of hydrogen-bond acceptors (Lipinski definition) is 5. The lowest BCUT2D eigenvalue weighted by Gasteiger charge is -2.22. The van der Waals surface area contributed by atoms with Gasteiger partial charge in [0.25, 0.3) is 5.91 Å². The molecule has 2 atom stereocenters. The second kappa shape index (κ2) is 7.03. The molecule has 2 saturated heterocycles. The number of aryl methyl sites for hydroxylation is 2. The minimum Gasteiger partial charge on any atom is -0.344 e. The Morgan fingerprint density at radius 3 is 2.69 bits per heavy atom. The third-order valence-electron chi connectivity index (χ3n) is 7.08. The smallest absolute Gasteiger partial charge is 0.325 e. The molecule has 32 heavy (non-hydrogen) atoms. The molecule has 0 unspecified atom stereocenters. The van der Waals surface area contributed by atoms with Gasteiger partial charge in [0.1, 0.15) is 5.54 Å². The molecule has 3 aliphatic rings. The van der Waals surface area contributed by atoms with E-state index in [0.29, 0.717) is 30.5 Å². The number of rotatable bonds is 4. The van der Waals surface area contributed by atoms with Crippen LogP contribution in [-0.2, 0) is 26.6 Å². The minimum absolute atomic E-state index is 0.0614. The van der Waals surface area contributed by atoms with E-state index in [1.165, 1.54) is 0 Å². The Kier molecular flexibility index (Phi) is 4.60. The largest absolute Gasteiger partial charge is 0.344 e. The van der Waals surface area contributed by atoms with E-state index in [-0.39, 0.29) is 29.9 Å². The average Bonchev–Trinajstić information content (AvgIpc) is 3.44. The topological polar surface area (TPSA) is 106 Å². The summed E-state index contributed by atoms with van der Waals surface area (Å²) in [5.74, 6) is -0.524. The number of carbonyl (C=O) groups excluding carboxylic acids is 3. The molecular formula is C23H25N3O5S. The van der Waals surface area contributed by atoms with E-state index in [0.717, 1.165) is 21.7 Å². The Balaban J connectivity index is 1.40. The van der Waals surface area contributed by atoms with E-state index in [9.17, 15) is 22.8 Å². The number of nitrogens with zero attached hydrogens (tertiary/aromatic N) is 2. The molecule has 1 aromatic heterocycles. The number of Topliss-reactive ketones (excluding diaryl/α,β-unsaturated/α-hetero) is 1. The quantitative estimate of drug-likeness (QED) is 0.561. The summed E-state index contributed by atoms with van der Waals surface area (Å²) >= 11 is 0. The summed E-state index contributed by atoms with van der Waals surface area (Å²) in [7, 11) is -3.07. The number of urea groups is 1. The first kappa shape index (κ1) is 20.9. The van der Waals surface area contributed by atoms with Crippen LogP contribution in [-0.4, -0.2) is 53.7 Å². The number of imide groups is 1. The molecule has 3 heterocycles. The van der Waals surface area contributed by atoms with Crippen molar-refractivity contribution < 1.29 is 22.8 Å². The number of nitrogens with one attached hydrogen (secondary N) is 1. The van der Waals surface area contributed by atoms with Crippen molar-refractivity contribution in [2.75, 3.05) is 18.1 Å². The molecule has 1 aromatic carbocycles. The lowest BCUT2D eigenvalue weighted by Crippen LogP contribution is -2.42. The van der Waals surface area contributed by atoms with Crippen molar-refractivity contribution in [1.82, 2.24) is 14.8 Å². The van der Waals surface area contributed by atoms with Gasteiger partial charge in [-0.05, 0) is 50.3 Å². The monoisotopic (exact) mass is 455 g/mol. The fourth-order valence-corrected chi connectivity index (χ4v) is 7.26. The average molecular weight is 456 g/mol. The highest BCUT2D eigenvalue weighted by Gasteiger charge is 2.55. The first-order valence-corrected chi connectivity index (χ1v) is 12.6. The number of hydrogen-bond donors (Lipinski definition) is 1. The molecule has 2 fully saturated rings. The first-order valence-electron chi connectivity index (χ1n) is 10.8. The lowest BCUT2D eigenvalue weighted by atomic mass is 9.92. The molecule has 1 aliphatic carbocycles. The van der Waals surface area contributed by atoms with E-state index in [1.807, 2.05) is 35.8 Å². The van der Waals surface area contributed by atoms with Crippen molar-refractivity contribution >= 4 is 27.6 Å². The second-order valence-electron chi connectivity index (χ2n) is 9.02. The highest BCUT2D eigenvalue weighted by molar-refractivity contribution is 7.91. The normalized spacial score (nSPS) is 26.1. The summed E-state index contributed by atoms with van der Waals surface area (Å²) in [6, 6.07) is 8.53. The van der Waals surface area contributed by atoms with Crippen molar-refractivity contribution in [3.8, 4) is 0 Å². The molecule has 8 nitrogen and oxygen atoms in total. The molecule has 5 rings (SSSR count). The number of ketones is 1. The molecule has 3 amide bonds. The van der Waals surface area contributed by atoms with Crippen molar-refractivity contribution in [3.05, 3.63) is 58.4 Å². The maximum absolute atomic E-state index is 13.3. The fourth-order valence-electron chi connectivity index (χ4n) is 5.56. The van der Waals surface area contributed by atoms with E-state index in [2.05, 4.69) is 5.32 Å². The SMILES string of the molecule is Cc1cc(C(=O)CN2C(=O)N[C@]3(CCc4ccccc43)C2=O)c(C)n1[C@@H]1CCS(=O)(=O)C1. The van der Waals surface area contributed by atoms with Crippen LogP contribution in [0, 0.1) is 13.8 Å². The van der Waals surface area contributed by atoms with Gasteiger partial charge in [0.2, 0.25) is 0 Å². The molecule has 9 heteroatoms. The molecule has 1 spiro atoms. The summed E-state index contributed by atoms with van der Waals surface area (Å²) in [5.41, 5.74) is 2.62. The molecule has 2 aromatic rings. The number of sulfone groups is 1. The van der Waals surface area contributed by atoms with Crippen LogP contribution in [0.2, 0.25) is 0 Å². The molecule has 0 bridgehead atoms. The van der Waals surface area contributed by atoms with Crippen molar-refractivity contribution in [2.24, 2.45) is 0 Å². The summed E-state index contributed by atoms with van der Waals surface area (Å²) in [6.45, 7) is 3.28. The lowest BCUT2D eigenvalue weighted by molar-refractivity contribution is -0.131. The van der Waals surface area contributed by atoms with Gasteiger partial charge in [-0.1, -0.05) is 24.3 Å². The van der Waals surface area contributed by atoms with E-state index in [1.54, 1.807) is 13.0 Å². The van der Waals surface area contributed by atoms with Gasteiger partial charge in [0.05, 0.1) is 18.1 Å². The van der Waals surface area contributed by atoms with Crippen LogP contribution < -0.4 is 5.32 Å². The highest BCUT2D eigenvalue weighted by atomic mass is 32.2. The molecule has 0 saturated carbocycles. The molecule has 1 N–H and O–H groups in total. The first-order chi connectivity index (χ1) is 15.1. The van der Waals surface area contributed by atoms with Crippen LogP contribution >= 0.6 is 0 Å². The van der Waals surface area contributed by atoms with Gasteiger partial charge >= 0.3 is 6.03 Å². The zero-order chi connectivity index (χ0) is 22.8. The standard InChI is InChI=1S/C23H25N3O5S/c1-14-11-18(15(2)26(14)17-8-10-32(30,31)13-17)20(27)12-25-21(28)23(24-22(25)29)9-7-16-5-3-4-6-19(16)23/h3-6,11,17H,7-10,12-13H2,1-2H3,(H,24,29)/t17-,23+/m1/s1. The van der Waals surface area contributed by atoms with Crippen LogP contribution in [0.25, 0.3) is 0 Å². The number of benzene rings is 1. The zero-order valence-electron chi connectivity index (χ0n) is 18.1. The minimum atomic E-state index is -3.07. The molecule has 168 valence electrons. The molecule has 0 radical (unpaired) electrons. The fraction of sp³-hybridized carbons (Fsp3) is 0.435. The molecule has 2 aliphatic heterocycles. The summed E-state index contributed by atoms with van der Waals surface area (Å²) in [5, 5.41) is 2.84. The number of fused-ring (bicyclic) bond motifs is 2. The predicted molar refractivity (Wildman–Crippen MR) is 117 cm³/mol. The van der Waals surface area contributed by atoms with E-state index >= 15 is 0 Å². The van der Waals surface area contributed by atoms with Gasteiger partial charge in [-0.2, -0.15) is 0 Å². The van der Waals surface area contributed by atoms with E-state index in [4.69, 9.17) is 0 Å². The Morgan fingerprint density at radius 2 is 1.97 bits per heavy atom. The number of aromatic nitrogens is 1. The Hall–Kier alpha value is -2.94. The maximum atomic E-state index is 13.3. The van der Waals surface area contributed by atoms with Gasteiger partial charge in [-0.15, -0.1) is 0 Å². The van der Waals surface area contributed by atoms with Crippen molar-refractivity contribution in [1.29, 1.82) is 0 Å². The zero-order valence-corrected chi connectivity index (χ0v) is 18.9. The van der Waals surface area contributed by atoms with Crippen LogP contribution in [0.3, 0.4) is 0 Å².